The van der Waals surface area contributed by atoms with Crippen LogP contribution >= 0.6 is 11.8 Å². The Balaban J connectivity index is 2.80. The lowest BCUT2D eigenvalue weighted by atomic mass is 10.2. The Kier molecular flexibility index (Phi) is 6.22. The Hall–Kier alpha value is -1.54. The quantitative estimate of drug-likeness (QED) is 0.808. The largest absolute Gasteiger partial charge is 0.352 e. The summed E-state index contributed by atoms with van der Waals surface area (Å²) in [5.74, 6) is -0.713. The standard InChI is InChI=1S/C13H18N2O4S2/c1-9(20-3)13(17)15-21(18,19)12-6-4-11(5-7-12)8-14-10(2)16/h4-7,9H,8H2,1-3H3,(H,14,16)(H,15,17)/t9-/m1/s1. The first-order valence-corrected chi connectivity index (χ1v) is 8.96. The predicted octanol–water partition coefficient (Wildman–Crippen LogP) is 0.879. The lowest BCUT2D eigenvalue weighted by Crippen LogP contribution is -2.35. The van der Waals surface area contributed by atoms with Crippen molar-refractivity contribution in [2.24, 2.45) is 0 Å². The molecular formula is C13H18N2O4S2. The number of benzene rings is 1. The Morgan fingerprint density at radius 3 is 2.29 bits per heavy atom. The second-order valence-corrected chi connectivity index (χ2v) is 7.26. The van der Waals surface area contributed by atoms with E-state index in [-0.39, 0.29) is 10.8 Å². The van der Waals surface area contributed by atoms with Crippen molar-refractivity contribution < 1.29 is 18.0 Å². The number of rotatable bonds is 6. The van der Waals surface area contributed by atoms with Crippen LogP contribution in [0.4, 0.5) is 0 Å². The number of hydrogen-bond acceptors (Lipinski definition) is 5. The fraction of sp³-hybridized carbons (Fsp3) is 0.385. The Morgan fingerprint density at radius 1 is 1.24 bits per heavy atom. The van der Waals surface area contributed by atoms with Gasteiger partial charge >= 0.3 is 0 Å². The highest BCUT2D eigenvalue weighted by Crippen LogP contribution is 2.12. The first kappa shape index (κ1) is 17.5. The van der Waals surface area contributed by atoms with Gasteiger partial charge in [0.05, 0.1) is 10.1 Å². The third-order valence-corrected chi connectivity index (χ3v) is 5.02. The molecule has 0 aromatic heterocycles. The number of carbonyl (C=O) groups is 2. The number of amides is 2. The molecule has 0 spiro atoms. The second-order valence-electron chi connectivity index (χ2n) is 4.40. The normalized spacial score (nSPS) is 12.5. The molecule has 0 saturated heterocycles. The van der Waals surface area contributed by atoms with Crippen LogP contribution in [0.2, 0.25) is 0 Å². The summed E-state index contributed by atoms with van der Waals surface area (Å²) in [7, 11) is -3.86. The predicted molar refractivity (Wildman–Crippen MR) is 82.3 cm³/mol. The SMILES string of the molecule is CS[C@H](C)C(=O)NS(=O)(=O)c1ccc(CNC(C)=O)cc1. The summed E-state index contributed by atoms with van der Waals surface area (Å²) < 4.78 is 26.1. The zero-order chi connectivity index (χ0) is 16.0. The van der Waals surface area contributed by atoms with Crippen LogP contribution in [0.1, 0.15) is 19.4 Å². The fourth-order valence-electron chi connectivity index (χ4n) is 1.39. The molecule has 8 heteroatoms. The second kappa shape index (κ2) is 7.46. The smallest absolute Gasteiger partial charge is 0.264 e. The molecule has 0 saturated carbocycles. The molecule has 116 valence electrons. The molecular weight excluding hydrogens is 312 g/mol. The highest BCUT2D eigenvalue weighted by Gasteiger charge is 2.20. The summed E-state index contributed by atoms with van der Waals surface area (Å²) in [6.07, 6.45) is 1.73. The number of nitrogens with one attached hydrogen (secondary N) is 2. The lowest BCUT2D eigenvalue weighted by molar-refractivity contribution is -0.119. The van der Waals surface area contributed by atoms with Crippen LogP contribution in [-0.4, -0.2) is 31.7 Å². The molecule has 0 bridgehead atoms. The van der Waals surface area contributed by atoms with E-state index >= 15 is 0 Å². The Labute approximate surface area is 128 Å². The molecule has 1 atom stereocenters. The van der Waals surface area contributed by atoms with E-state index in [4.69, 9.17) is 0 Å². The molecule has 6 nitrogen and oxygen atoms in total. The molecule has 0 aliphatic rings. The maximum Gasteiger partial charge on any atom is 0.264 e. The first-order chi connectivity index (χ1) is 9.76. The average molecular weight is 330 g/mol. The molecule has 0 unspecified atom stereocenters. The average Bonchev–Trinajstić information content (AvgIpc) is 2.44. The molecule has 0 aliphatic carbocycles. The van der Waals surface area contributed by atoms with Gasteiger partial charge in [0.25, 0.3) is 10.0 Å². The first-order valence-electron chi connectivity index (χ1n) is 6.19. The van der Waals surface area contributed by atoms with Gasteiger partial charge in [-0.25, -0.2) is 13.1 Å². The summed E-state index contributed by atoms with van der Waals surface area (Å²) in [6, 6.07) is 5.98. The number of sulfonamides is 1. The van der Waals surface area contributed by atoms with Gasteiger partial charge in [0.1, 0.15) is 0 Å². The van der Waals surface area contributed by atoms with E-state index in [1.807, 2.05) is 4.72 Å². The van der Waals surface area contributed by atoms with Crippen molar-refractivity contribution in [3.8, 4) is 0 Å². The van der Waals surface area contributed by atoms with Gasteiger partial charge in [-0.1, -0.05) is 12.1 Å². The molecule has 0 radical (unpaired) electrons. The zero-order valence-electron chi connectivity index (χ0n) is 12.0. The third kappa shape index (κ3) is 5.39. The van der Waals surface area contributed by atoms with Crippen LogP contribution in [-0.2, 0) is 26.2 Å². The summed E-state index contributed by atoms with van der Waals surface area (Å²) >= 11 is 1.26. The van der Waals surface area contributed by atoms with Crippen molar-refractivity contribution in [1.82, 2.24) is 10.0 Å². The van der Waals surface area contributed by atoms with Gasteiger partial charge in [-0.2, -0.15) is 11.8 Å². The summed E-state index contributed by atoms with van der Waals surface area (Å²) in [5, 5.41) is 2.17. The van der Waals surface area contributed by atoms with Crippen molar-refractivity contribution in [1.29, 1.82) is 0 Å². The number of thioether (sulfide) groups is 1. The van der Waals surface area contributed by atoms with Crippen molar-refractivity contribution in [3.05, 3.63) is 29.8 Å². The highest BCUT2D eigenvalue weighted by atomic mass is 32.2. The highest BCUT2D eigenvalue weighted by molar-refractivity contribution is 8.00. The van der Waals surface area contributed by atoms with E-state index in [9.17, 15) is 18.0 Å². The van der Waals surface area contributed by atoms with Crippen molar-refractivity contribution >= 4 is 33.6 Å². The van der Waals surface area contributed by atoms with E-state index < -0.39 is 21.2 Å². The maximum absolute atomic E-state index is 12.0. The van der Waals surface area contributed by atoms with E-state index in [0.29, 0.717) is 6.54 Å². The molecule has 0 aliphatic heterocycles. The van der Waals surface area contributed by atoms with E-state index in [1.54, 1.807) is 25.3 Å². The maximum atomic E-state index is 12.0. The molecule has 2 amide bonds. The molecule has 1 rings (SSSR count). The molecule has 1 aromatic carbocycles. The van der Waals surface area contributed by atoms with Gasteiger partial charge in [0.2, 0.25) is 11.8 Å². The zero-order valence-corrected chi connectivity index (χ0v) is 13.7. The molecule has 1 aromatic rings. The minimum Gasteiger partial charge on any atom is -0.352 e. The van der Waals surface area contributed by atoms with Crippen LogP contribution in [0.25, 0.3) is 0 Å². The Bertz CT molecular complexity index is 612. The summed E-state index contributed by atoms with van der Waals surface area (Å²) in [4.78, 5) is 22.5. The number of carbonyl (C=O) groups excluding carboxylic acids is 2. The van der Waals surface area contributed by atoms with Crippen molar-refractivity contribution in [2.45, 2.75) is 30.5 Å². The molecule has 2 N–H and O–H groups in total. The van der Waals surface area contributed by atoms with Crippen LogP contribution in [0, 0.1) is 0 Å². The topological polar surface area (TPSA) is 92.3 Å². The molecule has 0 heterocycles. The van der Waals surface area contributed by atoms with Gasteiger partial charge < -0.3 is 5.32 Å². The van der Waals surface area contributed by atoms with E-state index in [2.05, 4.69) is 5.32 Å². The van der Waals surface area contributed by atoms with Gasteiger partial charge in [-0.05, 0) is 30.9 Å². The van der Waals surface area contributed by atoms with Crippen LogP contribution in [0.15, 0.2) is 29.2 Å². The van der Waals surface area contributed by atoms with E-state index in [1.165, 1.54) is 30.8 Å². The summed E-state index contributed by atoms with van der Waals surface area (Å²) in [5.41, 5.74) is 0.771. The Morgan fingerprint density at radius 2 is 1.81 bits per heavy atom. The van der Waals surface area contributed by atoms with Crippen molar-refractivity contribution in [3.63, 3.8) is 0 Å². The monoisotopic (exact) mass is 330 g/mol. The minimum absolute atomic E-state index is 0.00993. The van der Waals surface area contributed by atoms with Crippen LogP contribution < -0.4 is 10.0 Å². The molecule has 0 fully saturated rings. The minimum atomic E-state index is -3.86. The van der Waals surface area contributed by atoms with Crippen molar-refractivity contribution in [2.75, 3.05) is 6.26 Å². The summed E-state index contributed by atoms with van der Waals surface area (Å²) in [6.45, 7) is 3.36. The lowest BCUT2D eigenvalue weighted by Gasteiger charge is -2.11. The number of hydrogen-bond donors (Lipinski definition) is 2. The van der Waals surface area contributed by atoms with Gasteiger partial charge in [-0.15, -0.1) is 0 Å². The fourth-order valence-corrected chi connectivity index (χ4v) is 2.80. The van der Waals surface area contributed by atoms with Gasteiger partial charge in [-0.3, -0.25) is 9.59 Å². The third-order valence-electron chi connectivity index (χ3n) is 2.73. The van der Waals surface area contributed by atoms with Gasteiger partial charge in [0, 0.05) is 13.5 Å². The van der Waals surface area contributed by atoms with Crippen LogP contribution in [0.5, 0.6) is 0 Å². The van der Waals surface area contributed by atoms with E-state index in [0.717, 1.165) is 5.56 Å². The van der Waals surface area contributed by atoms with Gasteiger partial charge in [0.15, 0.2) is 0 Å². The van der Waals surface area contributed by atoms with Crippen LogP contribution in [0.3, 0.4) is 0 Å². The molecule has 21 heavy (non-hydrogen) atoms.